The molecule has 0 bridgehead atoms. The van der Waals surface area contributed by atoms with Crippen LogP contribution in [0.3, 0.4) is 0 Å². The lowest BCUT2D eigenvalue weighted by Crippen LogP contribution is -2.27. The molecule has 0 amide bonds. The van der Waals surface area contributed by atoms with Gasteiger partial charge in [-0.3, -0.25) is 0 Å². The molecule has 0 aliphatic carbocycles. The maximum Gasteiger partial charge on any atom is 0.340 e. The summed E-state index contributed by atoms with van der Waals surface area (Å²) < 4.78 is 7.36. The Hall–Kier alpha value is -1.95. The van der Waals surface area contributed by atoms with E-state index in [1.165, 1.54) is 6.42 Å². The van der Waals surface area contributed by atoms with Crippen molar-refractivity contribution in [1.82, 2.24) is 25.5 Å². The first-order valence-electron chi connectivity index (χ1n) is 6.14. The highest BCUT2D eigenvalue weighted by Gasteiger charge is 2.18. The van der Waals surface area contributed by atoms with Crippen molar-refractivity contribution in [1.29, 1.82) is 0 Å². The summed E-state index contributed by atoms with van der Waals surface area (Å²) in [6, 6.07) is 10.4. The van der Waals surface area contributed by atoms with E-state index in [-0.39, 0.29) is 0 Å². The lowest BCUT2D eigenvalue weighted by molar-refractivity contribution is 0.372. The van der Waals surface area contributed by atoms with E-state index in [0.29, 0.717) is 12.1 Å². The second kappa shape index (κ2) is 5.14. The molecule has 1 aromatic heterocycles. The third-order valence-corrected chi connectivity index (χ3v) is 3.01. The Balaban J connectivity index is 1.71. The van der Waals surface area contributed by atoms with Gasteiger partial charge in [-0.25, -0.2) is 0 Å². The normalized spacial score (nSPS) is 19.0. The van der Waals surface area contributed by atoms with Crippen molar-refractivity contribution in [3.05, 3.63) is 30.3 Å². The van der Waals surface area contributed by atoms with Crippen molar-refractivity contribution in [2.45, 2.75) is 25.4 Å². The molecule has 18 heavy (non-hydrogen) atoms. The van der Waals surface area contributed by atoms with E-state index in [4.69, 9.17) is 4.74 Å². The fourth-order valence-corrected chi connectivity index (χ4v) is 2.10. The largest absolute Gasteiger partial charge is 0.423 e. The van der Waals surface area contributed by atoms with Gasteiger partial charge in [0.2, 0.25) is 0 Å². The van der Waals surface area contributed by atoms with Crippen LogP contribution in [-0.2, 0) is 6.54 Å². The summed E-state index contributed by atoms with van der Waals surface area (Å²) in [5.41, 5.74) is 0. The van der Waals surface area contributed by atoms with E-state index < -0.39 is 0 Å². The number of hydrogen-bond acceptors (Lipinski definition) is 5. The van der Waals surface area contributed by atoms with E-state index in [9.17, 15) is 0 Å². The molecule has 2 aromatic rings. The predicted molar refractivity (Wildman–Crippen MR) is 65.4 cm³/mol. The number of hydrogen-bond donors (Lipinski definition) is 1. The van der Waals surface area contributed by atoms with Crippen molar-refractivity contribution < 1.29 is 4.74 Å². The standard InChI is InChI=1S/C12H15N5O/c1-2-6-11(7-3-1)18-12-14-15-16-17(12)9-10-5-4-8-13-10/h1-3,6-7,10,13H,4-5,8-9H2. The van der Waals surface area contributed by atoms with Crippen molar-refractivity contribution in [3.63, 3.8) is 0 Å². The molecule has 1 N–H and O–H groups in total. The Kier molecular flexibility index (Phi) is 3.18. The van der Waals surface area contributed by atoms with Crippen molar-refractivity contribution in [2.24, 2.45) is 0 Å². The quantitative estimate of drug-likeness (QED) is 0.877. The Morgan fingerprint density at radius 3 is 3.00 bits per heavy atom. The van der Waals surface area contributed by atoms with Gasteiger partial charge >= 0.3 is 6.01 Å². The number of rotatable bonds is 4. The molecule has 0 saturated carbocycles. The minimum Gasteiger partial charge on any atom is -0.423 e. The zero-order valence-corrected chi connectivity index (χ0v) is 9.99. The van der Waals surface area contributed by atoms with Gasteiger partial charge < -0.3 is 10.1 Å². The number of para-hydroxylation sites is 1. The number of nitrogens with zero attached hydrogens (tertiary/aromatic N) is 4. The van der Waals surface area contributed by atoms with Crippen LogP contribution >= 0.6 is 0 Å². The summed E-state index contributed by atoms with van der Waals surface area (Å²) in [7, 11) is 0. The third-order valence-electron chi connectivity index (χ3n) is 3.01. The zero-order valence-electron chi connectivity index (χ0n) is 9.99. The zero-order chi connectivity index (χ0) is 12.2. The number of ether oxygens (including phenoxy) is 1. The topological polar surface area (TPSA) is 64.9 Å². The minimum atomic E-state index is 0.437. The molecule has 1 fully saturated rings. The number of nitrogens with one attached hydrogen (secondary N) is 1. The Bertz CT molecular complexity index is 492. The van der Waals surface area contributed by atoms with Gasteiger partial charge in [-0.05, 0) is 41.9 Å². The molecular weight excluding hydrogens is 230 g/mol. The van der Waals surface area contributed by atoms with Crippen LogP contribution < -0.4 is 10.1 Å². The fourth-order valence-electron chi connectivity index (χ4n) is 2.10. The van der Waals surface area contributed by atoms with Crippen LogP contribution in [-0.4, -0.2) is 32.8 Å². The number of tetrazole rings is 1. The molecule has 1 saturated heterocycles. The molecule has 2 heterocycles. The molecule has 1 aromatic carbocycles. The van der Waals surface area contributed by atoms with Crippen LogP contribution in [0, 0.1) is 0 Å². The molecule has 1 aliphatic heterocycles. The van der Waals surface area contributed by atoms with Gasteiger partial charge in [0.1, 0.15) is 5.75 Å². The minimum absolute atomic E-state index is 0.437. The van der Waals surface area contributed by atoms with Gasteiger partial charge in [0.05, 0.1) is 6.54 Å². The fraction of sp³-hybridized carbons (Fsp3) is 0.417. The lowest BCUT2D eigenvalue weighted by atomic mass is 10.2. The van der Waals surface area contributed by atoms with Gasteiger partial charge in [0.15, 0.2) is 0 Å². The summed E-state index contributed by atoms with van der Waals surface area (Å²) in [6.07, 6.45) is 2.37. The SMILES string of the molecule is c1ccc(Oc2nnnn2CC2CCCN2)cc1. The Labute approximate surface area is 105 Å². The van der Waals surface area contributed by atoms with E-state index in [1.54, 1.807) is 4.68 Å². The van der Waals surface area contributed by atoms with Crippen LogP contribution in [0.4, 0.5) is 0 Å². The van der Waals surface area contributed by atoms with Crippen molar-refractivity contribution in [2.75, 3.05) is 6.54 Å². The van der Waals surface area contributed by atoms with Crippen LogP contribution in [0.15, 0.2) is 30.3 Å². The van der Waals surface area contributed by atoms with Gasteiger partial charge in [0.25, 0.3) is 0 Å². The second-order valence-electron chi connectivity index (χ2n) is 4.35. The van der Waals surface area contributed by atoms with E-state index in [1.807, 2.05) is 30.3 Å². The highest BCUT2D eigenvalue weighted by Crippen LogP contribution is 2.18. The summed E-state index contributed by atoms with van der Waals surface area (Å²) >= 11 is 0. The molecule has 94 valence electrons. The van der Waals surface area contributed by atoms with Crippen LogP contribution in [0.2, 0.25) is 0 Å². The summed E-state index contributed by atoms with van der Waals surface area (Å²) in [4.78, 5) is 0. The number of benzene rings is 1. The van der Waals surface area contributed by atoms with Crippen molar-refractivity contribution >= 4 is 0 Å². The molecule has 0 radical (unpaired) electrons. The van der Waals surface area contributed by atoms with E-state index in [2.05, 4.69) is 20.8 Å². The molecule has 3 rings (SSSR count). The monoisotopic (exact) mass is 245 g/mol. The summed E-state index contributed by atoms with van der Waals surface area (Å²) in [5, 5.41) is 15.0. The van der Waals surface area contributed by atoms with Gasteiger partial charge in [0, 0.05) is 6.04 Å². The predicted octanol–water partition coefficient (Wildman–Crippen LogP) is 1.22. The third kappa shape index (κ3) is 2.48. The van der Waals surface area contributed by atoms with E-state index >= 15 is 0 Å². The van der Waals surface area contributed by atoms with E-state index in [0.717, 1.165) is 25.3 Å². The molecule has 1 unspecified atom stereocenters. The maximum atomic E-state index is 5.66. The maximum absolute atomic E-state index is 5.66. The average Bonchev–Trinajstić information content (AvgIpc) is 3.04. The molecular formula is C12H15N5O. The second-order valence-corrected chi connectivity index (χ2v) is 4.35. The average molecular weight is 245 g/mol. The van der Waals surface area contributed by atoms with Crippen LogP contribution in [0.25, 0.3) is 0 Å². The first kappa shape index (κ1) is 11.2. The first-order chi connectivity index (χ1) is 8.92. The first-order valence-corrected chi connectivity index (χ1v) is 6.14. The summed E-state index contributed by atoms with van der Waals surface area (Å²) in [5.74, 6) is 0.743. The van der Waals surface area contributed by atoms with Crippen molar-refractivity contribution in [3.8, 4) is 11.8 Å². The van der Waals surface area contributed by atoms with Gasteiger partial charge in [-0.15, -0.1) is 0 Å². The highest BCUT2D eigenvalue weighted by atomic mass is 16.5. The Morgan fingerprint density at radius 2 is 2.22 bits per heavy atom. The summed E-state index contributed by atoms with van der Waals surface area (Å²) in [6.45, 7) is 1.82. The number of aromatic nitrogens is 4. The highest BCUT2D eigenvalue weighted by molar-refractivity contribution is 5.23. The molecule has 0 spiro atoms. The lowest BCUT2D eigenvalue weighted by Gasteiger charge is -2.10. The van der Waals surface area contributed by atoms with Gasteiger partial charge in [-0.2, -0.15) is 4.68 Å². The Morgan fingerprint density at radius 1 is 1.33 bits per heavy atom. The smallest absolute Gasteiger partial charge is 0.340 e. The van der Waals surface area contributed by atoms with Crippen LogP contribution in [0.1, 0.15) is 12.8 Å². The molecule has 1 aliphatic rings. The molecule has 6 nitrogen and oxygen atoms in total. The molecule has 1 atom stereocenters. The molecule has 6 heteroatoms. The van der Waals surface area contributed by atoms with Gasteiger partial charge in [-0.1, -0.05) is 23.3 Å². The van der Waals surface area contributed by atoms with Crippen LogP contribution in [0.5, 0.6) is 11.8 Å².